The highest BCUT2D eigenvalue weighted by Crippen LogP contribution is 2.24. The predicted molar refractivity (Wildman–Crippen MR) is 71.5 cm³/mol. The van der Waals surface area contributed by atoms with E-state index in [1.54, 1.807) is 12.4 Å². The molecule has 0 amide bonds. The number of nitrogens with one attached hydrogen (secondary N) is 1. The van der Waals surface area contributed by atoms with E-state index in [1.165, 1.54) is 19.3 Å². The number of H-pyrrole nitrogens is 1. The normalized spacial score (nSPS) is 12.0. The van der Waals surface area contributed by atoms with Crippen molar-refractivity contribution in [2.45, 2.75) is 11.4 Å². The molecule has 6 nitrogen and oxygen atoms in total. The van der Waals surface area contributed by atoms with Crippen LogP contribution in [0.3, 0.4) is 0 Å². The Morgan fingerprint density at radius 3 is 2.68 bits per heavy atom. The fourth-order valence-electron chi connectivity index (χ4n) is 1.41. The first-order valence-electron chi connectivity index (χ1n) is 5.17. The van der Waals surface area contributed by atoms with Gasteiger partial charge >= 0.3 is 0 Å². The van der Waals surface area contributed by atoms with Crippen LogP contribution in [0.5, 0.6) is 0 Å². The Morgan fingerprint density at radius 2 is 2.11 bits per heavy atom. The summed E-state index contributed by atoms with van der Waals surface area (Å²) in [6.45, 7) is 0.121. The van der Waals surface area contributed by atoms with Gasteiger partial charge in [-0.05, 0) is 6.07 Å². The molecule has 0 spiro atoms. The Bertz CT molecular complexity index is 673. The van der Waals surface area contributed by atoms with Gasteiger partial charge in [-0.2, -0.15) is 4.31 Å². The largest absolute Gasteiger partial charge is 0.347 e. The highest BCUT2D eigenvalue weighted by atomic mass is 35.5. The van der Waals surface area contributed by atoms with Gasteiger partial charge in [0.25, 0.3) is 0 Å². The van der Waals surface area contributed by atoms with E-state index < -0.39 is 10.0 Å². The monoisotopic (exact) mass is 320 g/mol. The highest BCUT2D eigenvalue weighted by molar-refractivity contribution is 7.89. The molecule has 0 saturated carbocycles. The van der Waals surface area contributed by atoms with Crippen LogP contribution in [0.25, 0.3) is 0 Å². The van der Waals surface area contributed by atoms with E-state index in [-0.39, 0.29) is 21.6 Å². The summed E-state index contributed by atoms with van der Waals surface area (Å²) in [7, 11) is -2.24. The topological polar surface area (TPSA) is 79.0 Å². The van der Waals surface area contributed by atoms with E-state index in [2.05, 4.69) is 15.0 Å². The summed E-state index contributed by atoms with van der Waals surface area (Å²) in [4.78, 5) is 10.5. The second-order valence-corrected chi connectivity index (χ2v) is 6.55. The summed E-state index contributed by atoms with van der Waals surface area (Å²) >= 11 is 11.4. The number of hydrogen-bond acceptors (Lipinski definition) is 4. The number of aromatic nitrogens is 3. The minimum absolute atomic E-state index is 0.0176. The average Bonchev–Trinajstić information content (AvgIpc) is 2.85. The average molecular weight is 321 g/mol. The maximum Gasteiger partial charge on any atom is 0.244 e. The summed E-state index contributed by atoms with van der Waals surface area (Å²) < 4.78 is 25.7. The third-order valence-corrected chi connectivity index (χ3v) is 4.86. The molecule has 0 radical (unpaired) electrons. The smallest absolute Gasteiger partial charge is 0.244 e. The minimum Gasteiger partial charge on any atom is -0.347 e. The van der Waals surface area contributed by atoms with Gasteiger partial charge in [-0.15, -0.1) is 0 Å². The Morgan fingerprint density at radius 1 is 1.37 bits per heavy atom. The molecule has 0 aliphatic heterocycles. The van der Waals surface area contributed by atoms with Crippen LogP contribution in [0.15, 0.2) is 29.6 Å². The fraction of sp³-hybridized carbons (Fsp3) is 0.200. The molecule has 0 bridgehead atoms. The highest BCUT2D eigenvalue weighted by Gasteiger charge is 2.23. The van der Waals surface area contributed by atoms with Gasteiger partial charge in [0.05, 0.1) is 11.6 Å². The first-order chi connectivity index (χ1) is 8.91. The minimum atomic E-state index is -3.69. The Kier molecular flexibility index (Phi) is 4.10. The first-order valence-corrected chi connectivity index (χ1v) is 7.36. The van der Waals surface area contributed by atoms with Gasteiger partial charge < -0.3 is 4.98 Å². The maximum absolute atomic E-state index is 12.3. The molecule has 1 N–H and O–H groups in total. The standard InChI is InChI=1S/C10H10Cl2N4O2S/c1-16(6-9-13-2-3-14-9)19(17,18)7-4-8(11)10(12)15-5-7/h2-5H,6H2,1H3,(H,13,14). The molecule has 2 heterocycles. The Balaban J connectivity index is 2.28. The number of hydrogen-bond donors (Lipinski definition) is 1. The molecule has 0 aliphatic rings. The molecular weight excluding hydrogens is 311 g/mol. The number of rotatable bonds is 4. The van der Waals surface area contributed by atoms with E-state index in [4.69, 9.17) is 23.2 Å². The van der Waals surface area contributed by atoms with Crippen LogP contribution in [0, 0.1) is 0 Å². The van der Waals surface area contributed by atoms with Gasteiger partial charge in [0.1, 0.15) is 15.9 Å². The summed E-state index contributed by atoms with van der Waals surface area (Å²) in [5.41, 5.74) is 0. The molecule has 102 valence electrons. The van der Waals surface area contributed by atoms with E-state index in [9.17, 15) is 8.42 Å². The van der Waals surface area contributed by atoms with Crippen molar-refractivity contribution < 1.29 is 8.42 Å². The van der Waals surface area contributed by atoms with Crippen molar-refractivity contribution in [3.63, 3.8) is 0 Å². The zero-order valence-electron chi connectivity index (χ0n) is 9.84. The van der Waals surface area contributed by atoms with Crippen LogP contribution in [0.4, 0.5) is 0 Å². The number of sulfonamides is 1. The molecular formula is C10H10Cl2N4O2S. The number of imidazole rings is 1. The zero-order chi connectivity index (χ0) is 14.0. The van der Waals surface area contributed by atoms with Crippen LogP contribution < -0.4 is 0 Å². The van der Waals surface area contributed by atoms with Crippen molar-refractivity contribution in [1.29, 1.82) is 0 Å². The molecule has 0 aliphatic carbocycles. The van der Waals surface area contributed by atoms with Crippen molar-refractivity contribution in [3.05, 3.63) is 40.7 Å². The van der Waals surface area contributed by atoms with E-state index in [1.807, 2.05) is 0 Å². The summed E-state index contributed by atoms with van der Waals surface area (Å²) in [5.74, 6) is 0.541. The second-order valence-electron chi connectivity index (χ2n) is 3.74. The number of halogens is 2. The summed E-state index contributed by atoms with van der Waals surface area (Å²) in [5, 5.41) is 0.156. The van der Waals surface area contributed by atoms with Crippen LogP contribution in [0.1, 0.15) is 5.82 Å². The SMILES string of the molecule is CN(Cc1ncc[nH]1)S(=O)(=O)c1cnc(Cl)c(Cl)c1. The van der Waals surface area contributed by atoms with Gasteiger partial charge in [0, 0.05) is 25.6 Å². The van der Waals surface area contributed by atoms with Crippen molar-refractivity contribution in [1.82, 2.24) is 19.3 Å². The molecule has 0 atom stereocenters. The number of aromatic amines is 1. The molecule has 19 heavy (non-hydrogen) atoms. The van der Waals surface area contributed by atoms with Gasteiger partial charge in [-0.25, -0.2) is 18.4 Å². The lowest BCUT2D eigenvalue weighted by Gasteiger charge is -2.15. The van der Waals surface area contributed by atoms with Crippen LogP contribution in [0.2, 0.25) is 10.2 Å². The van der Waals surface area contributed by atoms with Gasteiger partial charge in [0.2, 0.25) is 10.0 Å². The lowest BCUT2D eigenvalue weighted by atomic mass is 10.5. The summed E-state index contributed by atoms with van der Waals surface area (Å²) in [6.07, 6.45) is 4.34. The van der Waals surface area contributed by atoms with Gasteiger partial charge in [-0.1, -0.05) is 23.2 Å². The molecule has 0 unspecified atom stereocenters. The first kappa shape index (κ1) is 14.3. The van der Waals surface area contributed by atoms with Crippen molar-refractivity contribution in [2.24, 2.45) is 0 Å². The Labute approximate surface area is 120 Å². The molecule has 2 aromatic heterocycles. The molecule has 2 aromatic rings. The zero-order valence-corrected chi connectivity index (χ0v) is 12.2. The fourth-order valence-corrected chi connectivity index (χ4v) is 2.84. The van der Waals surface area contributed by atoms with Crippen LogP contribution >= 0.6 is 23.2 Å². The maximum atomic E-state index is 12.3. The third kappa shape index (κ3) is 3.06. The Hall–Kier alpha value is -1.15. The summed E-state index contributed by atoms with van der Waals surface area (Å²) in [6, 6.07) is 1.27. The molecule has 2 rings (SSSR count). The van der Waals surface area contributed by atoms with Crippen molar-refractivity contribution in [2.75, 3.05) is 7.05 Å². The number of pyridine rings is 1. The molecule has 0 saturated heterocycles. The van der Waals surface area contributed by atoms with Crippen LogP contribution in [-0.2, 0) is 16.6 Å². The predicted octanol–water partition coefficient (Wildman–Crippen LogP) is 1.93. The van der Waals surface area contributed by atoms with Gasteiger partial charge in [-0.3, -0.25) is 0 Å². The van der Waals surface area contributed by atoms with Crippen LogP contribution in [-0.4, -0.2) is 34.7 Å². The van der Waals surface area contributed by atoms with E-state index in [0.717, 1.165) is 4.31 Å². The lowest BCUT2D eigenvalue weighted by molar-refractivity contribution is 0.458. The molecule has 0 fully saturated rings. The van der Waals surface area contributed by atoms with Crippen molar-refractivity contribution >= 4 is 33.2 Å². The van der Waals surface area contributed by atoms with Crippen molar-refractivity contribution in [3.8, 4) is 0 Å². The number of nitrogens with zero attached hydrogens (tertiary/aromatic N) is 3. The van der Waals surface area contributed by atoms with Gasteiger partial charge in [0.15, 0.2) is 0 Å². The molecule has 0 aromatic carbocycles. The van der Waals surface area contributed by atoms with E-state index in [0.29, 0.717) is 5.82 Å². The lowest BCUT2D eigenvalue weighted by Crippen LogP contribution is -2.27. The third-order valence-electron chi connectivity index (χ3n) is 2.41. The second kappa shape index (κ2) is 5.46. The molecule has 9 heteroatoms. The van der Waals surface area contributed by atoms with E-state index >= 15 is 0 Å². The quantitative estimate of drug-likeness (QED) is 0.873.